The number of hydrazine groups is 2. The van der Waals surface area contributed by atoms with Crippen molar-refractivity contribution in [3.05, 3.63) is 70.8 Å². The minimum absolute atomic E-state index is 0.0714. The minimum Gasteiger partial charge on any atom is -0.294 e. The first-order valence-corrected chi connectivity index (χ1v) is 12.7. The number of nitrogens with one attached hydrogen (secondary N) is 2. The van der Waals surface area contributed by atoms with Gasteiger partial charge in [0.15, 0.2) is 11.6 Å². The first-order chi connectivity index (χ1) is 17.3. The average molecular weight is 535 g/mol. The molecule has 2 rings (SSSR count). The highest BCUT2D eigenvalue weighted by Gasteiger charge is 2.19. The van der Waals surface area contributed by atoms with Crippen molar-refractivity contribution in [1.82, 2.24) is 10.9 Å². The van der Waals surface area contributed by atoms with E-state index < -0.39 is 22.6 Å². The van der Waals surface area contributed by atoms with E-state index in [1.54, 1.807) is 12.1 Å². The van der Waals surface area contributed by atoms with Crippen LogP contribution in [0.15, 0.2) is 48.5 Å². The van der Waals surface area contributed by atoms with E-state index in [4.69, 9.17) is 34.9 Å². The zero-order valence-corrected chi connectivity index (χ0v) is 21.5. The van der Waals surface area contributed by atoms with Crippen LogP contribution in [0, 0.1) is 0 Å². The fourth-order valence-corrected chi connectivity index (χ4v) is 4.22. The number of benzene rings is 2. The Morgan fingerprint density at radius 3 is 1.39 bits per heavy atom. The Morgan fingerprint density at radius 2 is 1.03 bits per heavy atom. The molecule has 2 amide bonds. The summed E-state index contributed by atoms with van der Waals surface area (Å²) in [6.07, 6.45) is 3.73. The van der Waals surface area contributed by atoms with Crippen molar-refractivity contribution in [3.63, 3.8) is 0 Å². The van der Waals surface area contributed by atoms with E-state index in [0.29, 0.717) is 24.0 Å². The molecule has 0 fully saturated rings. The third kappa shape index (κ3) is 9.02. The second kappa shape index (κ2) is 15.4. The Hall–Kier alpha value is -2.78. The van der Waals surface area contributed by atoms with Crippen molar-refractivity contribution >= 4 is 46.6 Å². The van der Waals surface area contributed by atoms with Crippen molar-refractivity contribution in [2.75, 3.05) is 0 Å². The second-order valence-corrected chi connectivity index (χ2v) is 9.45. The number of rotatable bonds is 15. The Labute approximate surface area is 221 Å². The van der Waals surface area contributed by atoms with Crippen LogP contribution in [0.25, 0.3) is 0 Å². The number of hydrogen-bond acceptors (Lipinski definition) is 6. The standard InChI is InChI=1S/C26H32Cl2N4O4/c27-21(25(35)31-29)13-15-23(33)19-11-5-3-9-17(19)7-1-2-8-18-10-4-6-12-20(18)24(34)16-14-22(28)26(36)32-30/h3-6,9-12,21-22H,1-2,7-8,13-16,29-30H2,(H,31,35)(H,32,36). The van der Waals surface area contributed by atoms with Crippen LogP contribution < -0.4 is 22.5 Å². The number of halogens is 2. The Balaban J connectivity index is 1.91. The van der Waals surface area contributed by atoms with Gasteiger partial charge in [-0.15, -0.1) is 23.2 Å². The van der Waals surface area contributed by atoms with Crippen LogP contribution in [0.4, 0.5) is 0 Å². The van der Waals surface area contributed by atoms with E-state index in [0.717, 1.165) is 24.0 Å². The van der Waals surface area contributed by atoms with Crippen LogP contribution in [-0.4, -0.2) is 34.1 Å². The summed E-state index contributed by atoms with van der Waals surface area (Å²) in [6, 6.07) is 14.8. The number of unbranched alkanes of at least 4 members (excludes halogenated alkanes) is 1. The number of carbonyl (C=O) groups is 4. The summed E-state index contributed by atoms with van der Waals surface area (Å²) in [4.78, 5) is 48.4. The van der Waals surface area contributed by atoms with E-state index in [-0.39, 0.29) is 37.2 Å². The van der Waals surface area contributed by atoms with Gasteiger partial charge in [0.25, 0.3) is 11.8 Å². The van der Waals surface area contributed by atoms with Crippen LogP contribution in [0.2, 0.25) is 0 Å². The molecule has 0 aliphatic rings. The largest absolute Gasteiger partial charge is 0.294 e. The molecule has 0 spiro atoms. The van der Waals surface area contributed by atoms with E-state index in [9.17, 15) is 19.2 Å². The number of nitrogens with two attached hydrogens (primary N) is 2. The summed E-state index contributed by atoms with van der Waals surface area (Å²) in [6.45, 7) is 0. The zero-order valence-electron chi connectivity index (χ0n) is 20.0. The van der Waals surface area contributed by atoms with Gasteiger partial charge in [0, 0.05) is 24.0 Å². The maximum atomic E-state index is 12.7. The summed E-state index contributed by atoms with van der Waals surface area (Å²) in [5.74, 6) is 8.99. The number of Topliss-reactive ketones (excluding diaryl/α,β-unsaturated/α-hetero) is 2. The van der Waals surface area contributed by atoms with Gasteiger partial charge in [-0.1, -0.05) is 48.5 Å². The van der Waals surface area contributed by atoms with Crippen LogP contribution in [-0.2, 0) is 22.4 Å². The fraction of sp³-hybridized carbons (Fsp3) is 0.385. The Morgan fingerprint density at radius 1 is 0.667 bits per heavy atom. The highest BCUT2D eigenvalue weighted by atomic mass is 35.5. The summed E-state index contributed by atoms with van der Waals surface area (Å²) in [7, 11) is 0. The third-order valence-corrected chi connectivity index (χ3v) is 6.71. The number of ketones is 2. The van der Waals surface area contributed by atoms with Gasteiger partial charge < -0.3 is 0 Å². The zero-order chi connectivity index (χ0) is 26.5. The highest BCUT2D eigenvalue weighted by molar-refractivity contribution is 6.31. The molecular weight excluding hydrogens is 503 g/mol. The monoisotopic (exact) mass is 534 g/mol. The first-order valence-electron chi connectivity index (χ1n) is 11.8. The molecule has 194 valence electrons. The van der Waals surface area contributed by atoms with Gasteiger partial charge in [0.2, 0.25) is 0 Å². The molecule has 10 heteroatoms. The first kappa shape index (κ1) is 29.5. The molecule has 0 bridgehead atoms. The van der Waals surface area contributed by atoms with E-state index in [1.165, 1.54) is 0 Å². The van der Waals surface area contributed by atoms with Gasteiger partial charge in [-0.3, -0.25) is 30.0 Å². The summed E-state index contributed by atoms with van der Waals surface area (Å²) >= 11 is 11.9. The van der Waals surface area contributed by atoms with Crippen LogP contribution in [0.5, 0.6) is 0 Å². The molecule has 2 aromatic carbocycles. The Bertz CT molecular complexity index is 980. The smallest absolute Gasteiger partial charge is 0.251 e. The SMILES string of the molecule is NNC(=O)C(Cl)CCC(=O)c1ccccc1CCCCc1ccccc1C(=O)CCC(Cl)C(=O)NN. The van der Waals surface area contributed by atoms with Gasteiger partial charge >= 0.3 is 0 Å². The molecule has 0 saturated heterocycles. The minimum atomic E-state index is -0.859. The maximum Gasteiger partial charge on any atom is 0.251 e. The molecular formula is C26H32Cl2N4O4. The lowest BCUT2D eigenvalue weighted by molar-refractivity contribution is -0.121. The van der Waals surface area contributed by atoms with Crippen molar-refractivity contribution in [2.45, 2.75) is 62.1 Å². The van der Waals surface area contributed by atoms with Gasteiger partial charge in [-0.25, -0.2) is 11.7 Å². The van der Waals surface area contributed by atoms with E-state index in [1.807, 2.05) is 47.2 Å². The van der Waals surface area contributed by atoms with Gasteiger partial charge in [-0.05, 0) is 49.7 Å². The summed E-state index contributed by atoms with van der Waals surface area (Å²) in [5.41, 5.74) is 7.10. The lowest BCUT2D eigenvalue weighted by Crippen LogP contribution is -2.36. The molecule has 2 aromatic rings. The van der Waals surface area contributed by atoms with Crippen molar-refractivity contribution in [1.29, 1.82) is 0 Å². The normalized spacial score (nSPS) is 12.4. The van der Waals surface area contributed by atoms with E-state index >= 15 is 0 Å². The van der Waals surface area contributed by atoms with Crippen molar-refractivity contribution < 1.29 is 19.2 Å². The lowest BCUT2D eigenvalue weighted by Gasteiger charge is -2.12. The molecule has 6 N–H and O–H groups in total. The molecule has 0 saturated carbocycles. The fourth-order valence-electron chi connectivity index (χ4n) is 3.88. The molecule has 0 aromatic heterocycles. The molecule has 0 aliphatic carbocycles. The third-order valence-electron chi connectivity index (χ3n) is 5.88. The highest BCUT2D eigenvalue weighted by Crippen LogP contribution is 2.20. The predicted octanol–water partition coefficient (Wildman–Crippen LogP) is 3.37. The van der Waals surface area contributed by atoms with Gasteiger partial charge in [0.05, 0.1) is 0 Å². The van der Waals surface area contributed by atoms with E-state index in [2.05, 4.69) is 0 Å². The molecule has 0 aliphatic heterocycles. The number of aryl methyl sites for hydroxylation is 2. The average Bonchev–Trinajstić information content (AvgIpc) is 2.91. The number of amides is 2. The molecule has 2 unspecified atom stereocenters. The van der Waals surface area contributed by atoms with Crippen LogP contribution in [0.3, 0.4) is 0 Å². The summed E-state index contributed by atoms with van der Waals surface area (Å²) < 4.78 is 0. The van der Waals surface area contributed by atoms with Gasteiger partial charge in [-0.2, -0.15) is 0 Å². The lowest BCUT2D eigenvalue weighted by atomic mass is 9.93. The number of hydrogen-bond donors (Lipinski definition) is 4. The van der Waals surface area contributed by atoms with Crippen molar-refractivity contribution in [3.8, 4) is 0 Å². The molecule has 8 nitrogen and oxygen atoms in total. The number of carbonyl (C=O) groups excluding carboxylic acids is 4. The molecule has 36 heavy (non-hydrogen) atoms. The molecule has 0 heterocycles. The molecule has 0 radical (unpaired) electrons. The maximum absolute atomic E-state index is 12.7. The molecule has 2 atom stereocenters. The van der Waals surface area contributed by atoms with Gasteiger partial charge in [0.1, 0.15) is 10.8 Å². The topological polar surface area (TPSA) is 144 Å². The summed E-state index contributed by atoms with van der Waals surface area (Å²) in [5, 5.41) is -1.72. The predicted molar refractivity (Wildman–Crippen MR) is 141 cm³/mol. The second-order valence-electron chi connectivity index (χ2n) is 8.40. The quantitative estimate of drug-likeness (QED) is 0.0688. The van der Waals surface area contributed by atoms with Crippen LogP contribution in [0.1, 0.15) is 70.4 Å². The van der Waals surface area contributed by atoms with Crippen LogP contribution >= 0.6 is 23.2 Å². The number of alkyl halides is 2. The van der Waals surface area contributed by atoms with Crippen molar-refractivity contribution in [2.24, 2.45) is 11.7 Å². The Kier molecular flexibility index (Phi) is 12.6.